The third-order valence-corrected chi connectivity index (χ3v) is 2.46. The lowest BCUT2D eigenvalue weighted by molar-refractivity contribution is -0.130. The van der Waals surface area contributed by atoms with Gasteiger partial charge in [-0.2, -0.15) is 0 Å². The molecule has 0 aromatic heterocycles. The van der Waals surface area contributed by atoms with E-state index in [0.717, 1.165) is 19.9 Å². The number of carbonyl (C=O) groups is 2. The highest BCUT2D eigenvalue weighted by Crippen LogP contribution is 2.14. The quantitative estimate of drug-likeness (QED) is 0.834. The summed E-state index contributed by atoms with van der Waals surface area (Å²) in [6.07, 6.45) is 1.00. The van der Waals surface area contributed by atoms with Crippen LogP contribution in [0.2, 0.25) is 0 Å². The monoisotopic (exact) mass is 322 g/mol. The van der Waals surface area contributed by atoms with Gasteiger partial charge in [0.2, 0.25) is 11.8 Å². The van der Waals surface area contributed by atoms with Gasteiger partial charge in [0.25, 0.3) is 5.92 Å². The number of halogens is 2. The molecule has 0 spiro atoms. The second-order valence-corrected chi connectivity index (χ2v) is 7.51. The van der Waals surface area contributed by atoms with Gasteiger partial charge in [-0.25, -0.2) is 8.78 Å². The van der Waals surface area contributed by atoms with E-state index in [2.05, 4.69) is 10.6 Å². The normalized spacial score (nSPS) is 12.1. The Labute approximate surface area is 133 Å². The third-order valence-electron chi connectivity index (χ3n) is 2.46. The lowest BCUT2D eigenvalue weighted by Crippen LogP contribution is -2.40. The average Bonchev–Trinajstić information content (AvgIpc) is 2.30. The van der Waals surface area contributed by atoms with Crippen molar-refractivity contribution in [2.75, 3.05) is 13.1 Å². The maximum absolute atomic E-state index is 12.3. The van der Waals surface area contributed by atoms with Crippen LogP contribution in [0.15, 0.2) is 0 Å². The highest BCUT2D eigenvalue weighted by Gasteiger charge is 2.26. The Bertz CT molecular complexity index is 351. The lowest BCUT2D eigenvalue weighted by atomic mass is 9.96. The van der Waals surface area contributed by atoms with Crippen molar-refractivity contribution in [1.29, 1.82) is 0 Å². The van der Waals surface area contributed by atoms with Gasteiger partial charge in [0.15, 0.2) is 0 Å². The first-order valence-corrected chi connectivity index (χ1v) is 7.55. The van der Waals surface area contributed by atoms with Gasteiger partial charge in [0, 0.05) is 24.3 Å². The first-order chi connectivity index (χ1) is 9.61. The molecule has 0 aliphatic heterocycles. The minimum Gasteiger partial charge on any atom is -0.356 e. The summed E-state index contributed by atoms with van der Waals surface area (Å²) in [7, 11) is 0. The first-order valence-electron chi connectivity index (χ1n) is 7.55. The Kier molecular flexibility index (Phi) is 9.50. The molecular formula is C16H32F2N2O2. The van der Waals surface area contributed by atoms with Gasteiger partial charge in [-0.15, -0.1) is 0 Å². The predicted molar refractivity (Wildman–Crippen MR) is 85.8 cm³/mol. The van der Waals surface area contributed by atoms with E-state index in [4.69, 9.17) is 0 Å². The highest BCUT2D eigenvalue weighted by molar-refractivity contribution is 5.81. The highest BCUT2D eigenvalue weighted by atomic mass is 19.3. The molecule has 0 bridgehead atoms. The molecule has 6 heteroatoms. The van der Waals surface area contributed by atoms with Crippen molar-refractivity contribution >= 4 is 11.8 Å². The maximum atomic E-state index is 12.3. The van der Waals surface area contributed by atoms with Crippen molar-refractivity contribution in [1.82, 2.24) is 10.6 Å². The Balaban J connectivity index is 0. The van der Waals surface area contributed by atoms with Crippen LogP contribution in [0.1, 0.15) is 61.8 Å². The summed E-state index contributed by atoms with van der Waals surface area (Å²) in [5, 5.41) is 5.01. The second kappa shape index (κ2) is 9.06. The van der Waals surface area contributed by atoms with Crippen molar-refractivity contribution in [2.45, 2.75) is 67.7 Å². The standard InChI is InChI=1S/C8H15F2NO.C8H17NO/c1-7(2,3)6(12)11-5-8(4,9)10;1-5-6-9-7(10)8(2,3)4/h5H2,1-4H3,(H,11,12);5-6H2,1-4H3,(H,9,10). The van der Waals surface area contributed by atoms with Crippen LogP contribution >= 0.6 is 0 Å². The van der Waals surface area contributed by atoms with E-state index in [-0.39, 0.29) is 17.2 Å². The minimum atomic E-state index is -2.83. The van der Waals surface area contributed by atoms with E-state index >= 15 is 0 Å². The fourth-order valence-corrected chi connectivity index (χ4v) is 1.00. The summed E-state index contributed by atoms with van der Waals surface area (Å²) in [4.78, 5) is 22.2. The van der Waals surface area contributed by atoms with Crippen molar-refractivity contribution < 1.29 is 18.4 Å². The molecule has 2 amide bonds. The number of hydrogen-bond donors (Lipinski definition) is 2. The number of rotatable bonds is 4. The van der Waals surface area contributed by atoms with Gasteiger partial charge < -0.3 is 10.6 Å². The van der Waals surface area contributed by atoms with Crippen LogP contribution in [0.5, 0.6) is 0 Å². The summed E-state index contributed by atoms with van der Waals surface area (Å²) in [6, 6.07) is 0. The number of carbonyl (C=O) groups excluding carboxylic acids is 2. The Hall–Kier alpha value is -1.20. The van der Waals surface area contributed by atoms with Crippen LogP contribution in [-0.4, -0.2) is 30.8 Å². The molecule has 132 valence electrons. The largest absolute Gasteiger partial charge is 0.356 e. The average molecular weight is 322 g/mol. The van der Waals surface area contributed by atoms with Crippen LogP contribution in [0, 0.1) is 10.8 Å². The van der Waals surface area contributed by atoms with E-state index in [1.807, 2.05) is 27.7 Å². The van der Waals surface area contributed by atoms with Crippen LogP contribution in [0.25, 0.3) is 0 Å². The molecule has 0 fully saturated rings. The Morgan fingerprint density at radius 2 is 1.18 bits per heavy atom. The molecule has 0 heterocycles. The van der Waals surface area contributed by atoms with Crippen LogP contribution in [-0.2, 0) is 9.59 Å². The molecule has 22 heavy (non-hydrogen) atoms. The summed E-state index contributed by atoms with van der Waals surface area (Å²) >= 11 is 0. The van der Waals surface area contributed by atoms with Gasteiger partial charge in [-0.3, -0.25) is 9.59 Å². The fourth-order valence-electron chi connectivity index (χ4n) is 1.00. The zero-order valence-corrected chi connectivity index (χ0v) is 15.2. The lowest BCUT2D eigenvalue weighted by Gasteiger charge is -2.19. The van der Waals surface area contributed by atoms with Crippen LogP contribution < -0.4 is 10.6 Å². The van der Waals surface area contributed by atoms with E-state index in [9.17, 15) is 18.4 Å². The van der Waals surface area contributed by atoms with Crippen LogP contribution in [0.4, 0.5) is 8.78 Å². The zero-order chi connectivity index (χ0) is 18.2. The molecule has 0 atom stereocenters. The molecule has 0 radical (unpaired) electrons. The zero-order valence-electron chi connectivity index (χ0n) is 15.2. The molecule has 0 saturated heterocycles. The Morgan fingerprint density at radius 3 is 1.45 bits per heavy atom. The summed E-state index contributed by atoms with van der Waals surface area (Å²) in [5.74, 6) is -3.06. The van der Waals surface area contributed by atoms with Gasteiger partial charge >= 0.3 is 0 Å². The van der Waals surface area contributed by atoms with E-state index in [1.54, 1.807) is 20.8 Å². The topological polar surface area (TPSA) is 58.2 Å². The number of hydrogen-bond acceptors (Lipinski definition) is 2. The number of alkyl halides is 2. The maximum Gasteiger partial charge on any atom is 0.262 e. The van der Waals surface area contributed by atoms with E-state index in [1.165, 1.54) is 0 Å². The molecule has 0 aliphatic carbocycles. The van der Waals surface area contributed by atoms with Crippen molar-refractivity contribution in [3.8, 4) is 0 Å². The molecule has 2 N–H and O–H groups in total. The number of amides is 2. The first kappa shape index (κ1) is 23.1. The SMILES string of the molecule is CC(F)(F)CNC(=O)C(C)(C)C.CCCNC(=O)C(C)(C)C. The minimum absolute atomic E-state index is 0.134. The van der Waals surface area contributed by atoms with Crippen molar-refractivity contribution in [3.05, 3.63) is 0 Å². The molecule has 0 saturated carbocycles. The summed E-state index contributed by atoms with van der Waals surface area (Å²) in [6.45, 7) is 13.8. The molecule has 0 rings (SSSR count). The molecule has 4 nitrogen and oxygen atoms in total. The summed E-state index contributed by atoms with van der Waals surface area (Å²) in [5.41, 5.74) is -0.847. The molecule has 0 aromatic rings. The van der Waals surface area contributed by atoms with Crippen molar-refractivity contribution in [2.24, 2.45) is 10.8 Å². The van der Waals surface area contributed by atoms with Crippen molar-refractivity contribution in [3.63, 3.8) is 0 Å². The summed E-state index contributed by atoms with van der Waals surface area (Å²) < 4.78 is 24.5. The second-order valence-electron chi connectivity index (χ2n) is 7.51. The van der Waals surface area contributed by atoms with Gasteiger partial charge in [0.1, 0.15) is 0 Å². The third kappa shape index (κ3) is 13.8. The predicted octanol–water partition coefficient (Wildman–Crippen LogP) is 3.36. The number of nitrogens with one attached hydrogen (secondary N) is 2. The van der Waals surface area contributed by atoms with E-state index in [0.29, 0.717) is 0 Å². The van der Waals surface area contributed by atoms with E-state index < -0.39 is 17.9 Å². The smallest absolute Gasteiger partial charge is 0.262 e. The molecule has 0 unspecified atom stereocenters. The van der Waals surface area contributed by atoms with Crippen LogP contribution in [0.3, 0.4) is 0 Å². The van der Waals surface area contributed by atoms with Gasteiger partial charge in [-0.05, 0) is 6.42 Å². The molecule has 0 aromatic carbocycles. The fraction of sp³-hybridized carbons (Fsp3) is 0.875. The van der Waals surface area contributed by atoms with Gasteiger partial charge in [0.05, 0.1) is 6.54 Å². The molecular weight excluding hydrogens is 290 g/mol. The Morgan fingerprint density at radius 1 is 0.818 bits per heavy atom. The molecule has 0 aliphatic rings. The van der Waals surface area contributed by atoms with Gasteiger partial charge in [-0.1, -0.05) is 48.5 Å².